The lowest BCUT2D eigenvalue weighted by Crippen LogP contribution is -2.63. The molecule has 0 aliphatic heterocycles. The van der Waals surface area contributed by atoms with Gasteiger partial charge >= 0.3 is 5.97 Å². The number of carbonyl (C=O) groups is 1. The maximum Gasteiger partial charge on any atom is 0.364 e. The summed E-state index contributed by atoms with van der Waals surface area (Å²) in [4.78, 5) is 11.0. The summed E-state index contributed by atoms with van der Waals surface area (Å²) in [6, 6.07) is 9.29. The monoisotopic (exact) mass is 180 g/mol. The number of hydrogen-bond acceptors (Lipinski definition) is 2. The number of quaternary nitrogens is 1. The molecule has 70 valence electrons. The lowest BCUT2D eigenvalue weighted by molar-refractivity contribution is -0.403. The van der Waals surface area contributed by atoms with Crippen LogP contribution in [0.5, 0.6) is 0 Å². The van der Waals surface area contributed by atoms with Crippen molar-refractivity contribution in [3.05, 3.63) is 35.9 Å². The van der Waals surface area contributed by atoms with Crippen molar-refractivity contribution in [2.24, 2.45) is 0 Å². The van der Waals surface area contributed by atoms with E-state index in [1.165, 1.54) is 0 Å². The van der Waals surface area contributed by atoms with Gasteiger partial charge in [-0.1, -0.05) is 30.3 Å². The highest BCUT2D eigenvalue weighted by molar-refractivity contribution is 5.73. The fourth-order valence-electron chi connectivity index (χ4n) is 0.871. The predicted octanol–water partition coefficient (Wildman–Crippen LogP) is 0.360. The summed E-state index contributed by atoms with van der Waals surface area (Å²) in [5.41, 5.74) is 4.57. The summed E-state index contributed by atoms with van der Waals surface area (Å²) < 4.78 is 4.99. The molecule has 0 spiro atoms. The number of benzene rings is 1. The summed E-state index contributed by atoms with van der Waals surface area (Å²) in [7, 11) is 0. The smallest absolute Gasteiger partial charge is 0.364 e. The third kappa shape index (κ3) is 3.25. The highest BCUT2D eigenvalue weighted by Gasteiger charge is 2.11. The zero-order valence-corrected chi connectivity index (χ0v) is 7.69. The van der Waals surface area contributed by atoms with Crippen molar-refractivity contribution in [3.8, 4) is 0 Å². The molecule has 3 nitrogen and oxygen atoms in total. The Kier molecular flexibility index (Phi) is 3.46. The van der Waals surface area contributed by atoms with Gasteiger partial charge in [0.2, 0.25) is 0 Å². The second-order valence-electron chi connectivity index (χ2n) is 2.99. The molecule has 0 unspecified atom stereocenters. The van der Waals surface area contributed by atoms with E-state index in [0.29, 0.717) is 6.61 Å². The number of ether oxygens (including phenoxy) is 1. The van der Waals surface area contributed by atoms with Crippen LogP contribution in [-0.2, 0) is 16.1 Å². The van der Waals surface area contributed by atoms with Gasteiger partial charge in [-0.05, 0) is 12.5 Å². The summed E-state index contributed by atoms with van der Waals surface area (Å²) in [5, 5.41) is 0. The van der Waals surface area contributed by atoms with E-state index in [0.717, 1.165) is 5.56 Å². The summed E-state index contributed by atoms with van der Waals surface area (Å²) >= 11 is 0. The van der Waals surface area contributed by atoms with Crippen LogP contribution < -0.4 is 5.73 Å². The van der Waals surface area contributed by atoms with Crippen molar-refractivity contribution >= 4 is 5.97 Å². The summed E-state index contributed by atoms with van der Waals surface area (Å²) in [5.74, 6) is -0.260. The normalized spacial score (nSPS) is 12.2. The summed E-state index contributed by atoms with van der Waals surface area (Å²) in [6.07, 6.45) is 0. The lowest BCUT2D eigenvalue weighted by atomic mass is 10.2. The number of esters is 1. The first kappa shape index (κ1) is 9.74. The molecule has 13 heavy (non-hydrogen) atoms. The van der Waals surface area contributed by atoms with E-state index >= 15 is 0 Å². The van der Waals surface area contributed by atoms with Crippen LogP contribution in [0.15, 0.2) is 30.3 Å². The molecule has 1 aromatic rings. The molecule has 0 aromatic heterocycles. The van der Waals surface area contributed by atoms with Crippen molar-refractivity contribution in [1.82, 2.24) is 0 Å². The summed E-state index contributed by atoms with van der Waals surface area (Å²) in [6.45, 7) is 2.05. The molecule has 1 rings (SSSR count). The Labute approximate surface area is 77.5 Å². The first-order valence-corrected chi connectivity index (χ1v) is 4.24. The maximum atomic E-state index is 11.0. The van der Waals surface area contributed by atoms with Crippen LogP contribution in [0, 0.1) is 0 Å². The molecule has 0 aliphatic rings. The fourth-order valence-corrected chi connectivity index (χ4v) is 0.871. The zero-order chi connectivity index (χ0) is 9.68. The molecule has 0 bridgehead atoms. The average Bonchev–Trinajstić information content (AvgIpc) is 2.15. The van der Waals surface area contributed by atoms with Gasteiger partial charge < -0.3 is 10.5 Å². The van der Waals surface area contributed by atoms with Crippen LogP contribution >= 0.6 is 0 Å². The van der Waals surface area contributed by atoms with Gasteiger partial charge in [0.15, 0.2) is 6.04 Å². The lowest BCUT2D eigenvalue weighted by Gasteiger charge is -2.04. The van der Waals surface area contributed by atoms with Gasteiger partial charge in [0, 0.05) is 0 Å². The Morgan fingerprint density at radius 3 is 2.62 bits per heavy atom. The van der Waals surface area contributed by atoms with Gasteiger partial charge in [0.1, 0.15) is 6.61 Å². The minimum Gasteiger partial charge on any atom is -0.456 e. The van der Waals surface area contributed by atoms with Crippen LogP contribution in [0.25, 0.3) is 0 Å². The molecule has 0 heterocycles. The molecule has 3 N–H and O–H groups in total. The van der Waals surface area contributed by atoms with Gasteiger partial charge in [-0.3, -0.25) is 0 Å². The quantitative estimate of drug-likeness (QED) is 0.683. The average molecular weight is 180 g/mol. The highest BCUT2D eigenvalue weighted by atomic mass is 16.5. The van der Waals surface area contributed by atoms with Crippen molar-refractivity contribution in [2.75, 3.05) is 0 Å². The Morgan fingerprint density at radius 1 is 1.46 bits per heavy atom. The molecule has 1 atom stereocenters. The van der Waals surface area contributed by atoms with Crippen LogP contribution in [0.1, 0.15) is 12.5 Å². The van der Waals surface area contributed by atoms with Gasteiger partial charge in [0.25, 0.3) is 0 Å². The molecular formula is C10H14NO2+. The van der Waals surface area contributed by atoms with Gasteiger partial charge in [-0.15, -0.1) is 0 Å². The van der Waals surface area contributed by atoms with Crippen molar-refractivity contribution in [3.63, 3.8) is 0 Å². The molecule has 0 fully saturated rings. The molecule has 3 heteroatoms. The first-order chi connectivity index (χ1) is 6.20. The SMILES string of the molecule is C[C@H]([NH3+])C(=O)OCc1ccccc1. The fraction of sp³-hybridized carbons (Fsp3) is 0.300. The molecule has 0 aliphatic carbocycles. The standard InChI is InChI=1S/C10H13NO2/c1-8(11)10(12)13-7-9-5-3-2-4-6-9/h2-6,8H,7,11H2,1H3/p+1/t8-/m0/s1. The Hall–Kier alpha value is -1.35. The molecule has 0 saturated carbocycles. The van der Waals surface area contributed by atoms with Crippen LogP contribution in [0.2, 0.25) is 0 Å². The van der Waals surface area contributed by atoms with Crippen molar-refractivity contribution < 1.29 is 15.3 Å². The second-order valence-corrected chi connectivity index (χ2v) is 2.99. The maximum absolute atomic E-state index is 11.0. The Morgan fingerprint density at radius 2 is 2.08 bits per heavy atom. The Balaban J connectivity index is 2.40. The second kappa shape index (κ2) is 4.62. The zero-order valence-electron chi connectivity index (χ0n) is 7.69. The van der Waals surface area contributed by atoms with Gasteiger partial charge in [-0.2, -0.15) is 0 Å². The van der Waals surface area contributed by atoms with Crippen LogP contribution in [-0.4, -0.2) is 12.0 Å². The topological polar surface area (TPSA) is 53.9 Å². The molecular weight excluding hydrogens is 166 g/mol. The van der Waals surface area contributed by atoms with Crippen molar-refractivity contribution in [1.29, 1.82) is 0 Å². The van der Waals surface area contributed by atoms with E-state index in [2.05, 4.69) is 5.73 Å². The van der Waals surface area contributed by atoms with E-state index in [1.54, 1.807) is 6.92 Å². The largest absolute Gasteiger partial charge is 0.456 e. The predicted molar refractivity (Wildman–Crippen MR) is 48.6 cm³/mol. The number of rotatable bonds is 3. The Bertz CT molecular complexity index is 270. The van der Waals surface area contributed by atoms with Gasteiger partial charge in [0.05, 0.1) is 0 Å². The van der Waals surface area contributed by atoms with Crippen LogP contribution in [0.3, 0.4) is 0 Å². The van der Waals surface area contributed by atoms with Gasteiger partial charge in [-0.25, -0.2) is 4.79 Å². The molecule has 0 amide bonds. The third-order valence-electron chi connectivity index (χ3n) is 1.63. The van der Waals surface area contributed by atoms with Crippen molar-refractivity contribution in [2.45, 2.75) is 19.6 Å². The number of hydrogen-bond donors (Lipinski definition) is 1. The van der Waals surface area contributed by atoms with E-state index in [1.807, 2.05) is 30.3 Å². The number of carbonyl (C=O) groups excluding carboxylic acids is 1. The van der Waals surface area contributed by atoms with E-state index in [4.69, 9.17) is 4.74 Å². The van der Waals surface area contributed by atoms with E-state index in [9.17, 15) is 4.79 Å². The van der Waals surface area contributed by atoms with E-state index < -0.39 is 0 Å². The van der Waals surface area contributed by atoms with Crippen LogP contribution in [0.4, 0.5) is 0 Å². The highest BCUT2D eigenvalue weighted by Crippen LogP contribution is 2.00. The minimum atomic E-state index is -0.302. The first-order valence-electron chi connectivity index (χ1n) is 4.24. The molecule has 0 radical (unpaired) electrons. The minimum absolute atomic E-state index is 0.260. The third-order valence-corrected chi connectivity index (χ3v) is 1.63. The molecule has 1 aromatic carbocycles. The van der Waals surface area contributed by atoms with E-state index in [-0.39, 0.29) is 12.0 Å². The molecule has 0 saturated heterocycles.